The monoisotopic (exact) mass is 248 g/mol. The summed E-state index contributed by atoms with van der Waals surface area (Å²) in [5.74, 6) is 0. The van der Waals surface area contributed by atoms with Crippen molar-refractivity contribution in [3.63, 3.8) is 0 Å². The number of hydrogen-bond acceptors (Lipinski definition) is 3. The van der Waals surface area contributed by atoms with Gasteiger partial charge >= 0.3 is 0 Å². The Balaban J connectivity index is 1.84. The van der Waals surface area contributed by atoms with Crippen LogP contribution in [0.1, 0.15) is 31.2 Å². The minimum atomic E-state index is -0.329. The van der Waals surface area contributed by atoms with Gasteiger partial charge < -0.3 is 10.8 Å². The van der Waals surface area contributed by atoms with Crippen molar-refractivity contribution >= 4 is 0 Å². The Labute approximate surface area is 110 Å². The van der Waals surface area contributed by atoms with E-state index < -0.39 is 0 Å². The maximum Gasteiger partial charge on any atom is 0.0663 e. The molecule has 3 N–H and O–H groups in total. The molecule has 1 aromatic rings. The molecule has 2 atom stereocenters. The van der Waals surface area contributed by atoms with Gasteiger partial charge in [0.05, 0.1) is 6.10 Å². The summed E-state index contributed by atoms with van der Waals surface area (Å²) in [4.78, 5) is 2.54. The minimum Gasteiger partial charge on any atom is -0.392 e. The molecule has 1 heterocycles. The molecule has 1 fully saturated rings. The molecule has 2 unspecified atom stereocenters. The van der Waals surface area contributed by atoms with Crippen LogP contribution in [0.25, 0.3) is 0 Å². The van der Waals surface area contributed by atoms with Crippen LogP contribution in [0.4, 0.5) is 0 Å². The van der Waals surface area contributed by atoms with E-state index >= 15 is 0 Å². The average molecular weight is 248 g/mol. The topological polar surface area (TPSA) is 49.5 Å². The fourth-order valence-electron chi connectivity index (χ4n) is 2.75. The van der Waals surface area contributed by atoms with E-state index in [2.05, 4.69) is 35.2 Å². The number of nitrogens with two attached hydrogens (primary N) is 1. The van der Waals surface area contributed by atoms with Crippen LogP contribution in [0.5, 0.6) is 0 Å². The van der Waals surface area contributed by atoms with E-state index in [1.807, 2.05) is 0 Å². The second kappa shape index (κ2) is 6.88. The third-order valence-electron chi connectivity index (χ3n) is 3.83. The largest absolute Gasteiger partial charge is 0.392 e. The first-order chi connectivity index (χ1) is 8.79. The molecule has 3 heteroatoms. The van der Waals surface area contributed by atoms with Crippen molar-refractivity contribution in [3.8, 4) is 0 Å². The highest BCUT2D eigenvalue weighted by atomic mass is 16.3. The van der Waals surface area contributed by atoms with E-state index in [9.17, 15) is 5.11 Å². The van der Waals surface area contributed by atoms with Gasteiger partial charge in [0, 0.05) is 19.1 Å². The summed E-state index contributed by atoms with van der Waals surface area (Å²) < 4.78 is 0. The molecule has 0 amide bonds. The molecule has 0 radical (unpaired) electrons. The van der Waals surface area contributed by atoms with Crippen LogP contribution in [0.2, 0.25) is 0 Å². The Morgan fingerprint density at radius 1 is 1.33 bits per heavy atom. The first kappa shape index (κ1) is 13.5. The number of aliphatic hydroxyl groups is 1. The van der Waals surface area contributed by atoms with E-state index in [1.54, 1.807) is 0 Å². The molecule has 3 nitrogen and oxygen atoms in total. The number of benzene rings is 1. The number of nitrogens with zero attached hydrogens (tertiary/aromatic N) is 1. The van der Waals surface area contributed by atoms with Crippen LogP contribution in [-0.4, -0.2) is 35.2 Å². The Morgan fingerprint density at radius 3 is 2.83 bits per heavy atom. The van der Waals surface area contributed by atoms with Crippen LogP contribution >= 0.6 is 0 Å². The third-order valence-corrected chi connectivity index (χ3v) is 3.83. The molecule has 100 valence electrons. The number of rotatable bonds is 6. The van der Waals surface area contributed by atoms with Gasteiger partial charge in [-0.05, 0) is 37.8 Å². The maximum atomic E-state index is 9.55. The van der Waals surface area contributed by atoms with E-state index in [0.717, 1.165) is 19.4 Å². The van der Waals surface area contributed by atoms with Crippen LogP contribution in [0, 0.1) is 0 Å². The molecule has 0 aliphatic carbocycles. The van der Waals surface area contributed by atoms with Crippen LogP contribution in [-0.2, 0) is 6.54 Å². The highest BCUT2D eigenvalue weighted by Gasteiger charge is 2.24. The van der Waals surface area contributed by atoms with E-state index in [-0.39, 0.29) is 6.10 Å². The molecular weight excluding hydrogens is 224 g/mol. The van der Waals surface area contributed by atoms with Gasteiger partial charge in [-0.1, -0.05) is 30.3 Å². The minimum absolute atomic E-state index is 0.329. The highest BCUT2D eigenvalue weighted by Crippen LogP contribution is 2.23. The van der Waals surface area contributed by atoms with Crippen molar-refractivity contribution in [3.05, 3.63) is 35.9 Å². The molecule has 0 bridgehead atoms. The standard InChI is InChI=1S/C15H24N2O/c16-11-15(18)9-8-14-7-4-10-17(14)12-13-5-2-1-3-6-13/h1-3,5-6,14-15,18H,4,7-12,16H2. The molecular formula is C15H24N2O. The molecule has 0 spiro atoms. The average Bonchev–Trinajstić information content (AvgIpc) is 2.84. The highest BCUT2D eigenvalue weighted by molar-refractivity contribution is 5.14. The molecule has 1 aromatic carbocycles. The number of aliphatic hydroxyl groups excluding tert-OH is 1. The van der Waals surface area contributed by atoms with E-state index in [1.165, 1.54) is 24.9 Å². The Kier molecular flexibility index (Phi) is 5.17. The predicted molar refractivity (Wildman–Crippen MR) is 74.2 cm³/mol. The van der Waals surface area contributed by atoms with Gasteiger partial charge in [0.2, 0.25) is 0 Å². The second-order valence-corrected chi connectivity index (χ2v) is 5.22. The predicted octanol–water partition coefficient (Wildman–Crippen LogP) is 1.75. The lowest BCUT2D eigenvalue weighted by Crippen LogP contribution is -2.30. The number of likely N-dealkylation sites (tertiary alicyclic amines) is 1. The first-order valence-electron chi connectivity index (χ1n) is 6.95. The molecule has 2 rings (SSSR count). The van der Waals surface area contributed by atoms with E-state index in [0.29, 0.717) is 12.6 Å². The number of hydrogen-bond donors (Lipinski definition) is 2. The van der Waals surface area contributed by atoms with Gasteiger partial charge in [0.25, 0.3) is 0 Å². The maximum absolute atomic E-state index is 9.55. The normalized spacial score (nSPS) is 22.2. The lowest BCUT2D eigenvalue weighted by Gasteiger charge is -2.25. The Morgan fingerprint density at radius 2 is 2.11 bits per heavy atom. The second-order valence-electron chi connectivity index (χ2n) is 5.22. The molecule has 0 aromatic heterocycles. The molecule has 0 saturated carbocycles. The molecule has 1 saturated heterocycles. The fourth-order valence-corrected chi connectivity index (χ4v) is 2.75. The zero-order valence-corrected chi connectivity index (χ0v) is 11.0. The lowest BCUT2D eigenvalue weighted by atomic mass is 10.1. The van der Waals surface area contributed by atoms with Crippen molar-refractivity contribution < 1.29 is 5.11 Å². The summed E-state index contributed by atoms with van der Waals surface area (Å²) >= 11 is 0. The Bertz CT molecular complexity index is 342. The molecule has 18 heavy (non-hydrogen) atoms. The lowest BCUT2D eigenvalue weighted by molar-refractivity contribution is 0.148. The van der Waals surface area contributed by atoms with E-state index in [4.69, 9.17) is 5.73 Å². The van der Waals surface area contributed by atoms with Crippen molar-refractivity contribution in [1.82, 2.24) is 4.90 Å². The smallest absolute Gasteiger partial charge is 0.0663 e. The Hall–Kier alpha value is -0.900. The summed E-state index contributed by atoms with van der Waals surface area (Å²) in [7, 11) is 0. The van der Waals surface area contributed by atoms with Gasteiger partial charge in [-0.15, -0.1) is 0 Å². The quantitative estimate of drug-likeness (QED) is 0.806. The van der Waals surface area contributed by atoms with Gasteiger partial charge in [0.1, 0.15) is 0 Å². The fraction of sp³-hybridized carbons (Fsp3) is 0.600. The zero-order chi connectivity index (χ0) is 12.8. The van der Waals surface area contributed by atoms with Crippen molar-refractivity contribution in [1.29, 1.82) is 0 Å². The first-order valence-corrected chi connectivity index (χ1v) is 6.95. The van der Waals surface area contributed by atoms with Gasteiger partial charge in [-0.25, -0.2) is 0 Å². The van der Waals surface area contributed by atoms with Gasteiger partial charge in [-0.3, -0.25) is 4.90 Å². The van der Waals surface area contributed by atoms with Crippen LogP contribution in [0.15, 0.2) is 30.3 Å². The van der Waals surface area contributed by atoms with Gasteiger partial charge in [0.15, 0.2) is 0 Å². The van der Waals surface area contributed by atoms with Crippen molar-refractivity contribution in [2.75, 3.05) is 13.1 Å². The van der Waals surface area contributed by atoms with Crippen LogP contribution in [0.3, 0.4) is 0 Å². The summed E-state index contributed by atoms with van der Waals surface area (Å²) in [5, 5.41) is 9.55. The summed E-state index contributed by atoms with van der Waals surface area (Å²) in [6.07, 6.45) is 4.09. The van der Waals surface area contributed by atoms with Crippen molar-refractivity contribution in [2.45, 2.75) is 44.4 Å². The van der Waals surface area contributed by atoms with Crippen molar-refractivity contribution in [2.24, 2.45) is 5.73 Å². The SMILES string of the molecule is NCC(O)CCC1CCCN1Cc1ccccc1. The van der Waals surface area contributed by atoms with Gasteiger partial charge in [-0.2, -0.15) is 0 Å². The molecule has 1 aliphatic heterocycles. The summed E-state index contributed by atoms with van der Waals surface area (Å²) in [6, 6.07) is 11.2. The van der Waals surface area contributed by atoms with Crippen LogP contribution < -0.4 is 5.73 Å². The summed E-state index contributed by atoms with van der Waals surface area (Å²) in [5.41, 5.74) is 6.83. The zero-order valence-electron chi connectivity index (χ0n) is 11.0. The summed E-state index contributed by atoms with van der Waals surface area (Å²) in [6.45, 7) is 2.59. The third kappa shape index (κ3) is 3.80. The molecule has 1 aliphatic rings.